The number of benzene rings is 2. The molecule has 2 aromatic carbocycles. The van der Waals surface area contributed by atoms with Gasteiger partial charge in [0.2, 0.25) is 5.78 Å². The molecule has 49 heavy (non-hydrogen) atoms. The molecule has 9 nitrogen and oxygen atoms in total. The van der Waals surface area contributed by atoms with Crippen molar-refractivity contribution in [1.82, 2.24) is 14.4 Å². The minimum Gasteiger partial charge on any atom is -0.490 e. The van der Waals surface area contributed by atoms with Crippen LogP contribution in [0.4, 0.5) is 10.2 Å². The van der Waals surface area contributed by atoms with E-state index in [-0.39, 0.29) is 23.9 Å². The molecular formula is C39H53FN4O5. The lowest BCUT2D eigenvalue weighted by molar-refractivity contribution is -0.136. The number of carboxylic acids is 1. The maximum Gasteiger partial charge on any atom is 0.308 e. The van der Waals surface area contributed by atoms with Gasteiger partial charge >= 0.3 is 5.97 Å². The molecule has 0 radical (unpaired) electrons. The number of nitrogens with zero attached hydrogens (tertiary/aromatic N) is 4. The average molecular weight is 677 g/mol. The van der Waals surface area contributed by atoms with Gasteiger partial charge in [0.25, 0.3) is 0 Å². The molecule has 0 saturated carbocycles. The van der Waals surface area contributed by atoms with E-state index in [2.05, 4.69) is 11.8 Å². The molecule has 1 unspecified atom stereocenters. The topological polar surface area (TPSA) is 109 Å². The Hall–Kier alpha value is -4.02. The van der Waals surface area contributed by atoms with E-state index in [1.54, 1.807) is 26.8 Å². The van der Waals surface area contributed by atoms with Crippen LogP contribution >= 0.6 is 0 Å². The molecule has 5 heterocycles. The number of fused-ring (bicyclic) bond motifs is 8. The van der Waals surface area contributed by atoms with Gasteiger partial charge in [-0.25, -0.2) is 14.4 Å². The fourth-order valence-corrected chi connectivity index (χ4v) is 6.15. The van der Waals surface area contributed by atoms with Crippen molar-refractivity contribution in [3.8, 4) is 28.1 Å². The van der Waals surface area contributed by atoms with Crippen LogP contribution in [0.2, 0.25) is 0 Å². The van der Waals surface area contributed by atoms with Crippen molar-refractivity contribution < 1.29 is 28.9 Å². The van der Waals surface area contributed by atoms with Gasteiger partial charge in [0.15, 0.2) is 0 Å². The third kappa shape index (κ3) is 9.79. The van der Waals surface area contributed by atoms with Gasteiger partial charge in [0, 0.05) is 42.7 Å². The van der Waals surface area contributed by atoms with Crippen molar-refractivity contribution in [3.05, 3.63) is 65.7 Å². The number of aliphatic carboxylic acids is 1. The number of aliphatic hydroxyl groups is 1. The molecule has 2 N–H and O–H groups in total. The van der Waals surface area contributed by atoms with Crippen LogP contribution in [0.25, 0.3) is 28.2 Å². The molecule has 0 spiro atoms. The molecule has 1 saturated heterocycles. The van der Waals surface area contributed by atoms with Gasteiger partial charge in [-0.05, 0) is 97.4 Å². The van der Waals surface area contributed by atoms with Crippen molar-refractivity contribution in [3.63, 3.8) is 0 Å². The molecule has 1 fully saturated rings. The molecule has 6 bridgehead atoms. The van der Waals surface area contributed by atoms with E-state index in [4.69, 9.17) is 24.5 Å². The molecule has 10 heteroatoms. The molecule has 2 aromatic heterocycles. The quantitative estimate of drug-likeness (QED) is 0.218. The minimum absolute atomic E-state index is 0.0793. The van der Waals surface area contributed by atoms with Gasteiger partial charge in [-0.2, -0.15) is 0 Å². The largest absolute Gasteiger partial charge is 0.490 e. The Morgan fingerprint density at radius 3 is 2.39 bits per heavy atom. The lowest BCUT2D eigenvalue weighted by atomic mass is 9.92. The van der Waals surface area contributed by atoms with Crippen molar-refractivity contribution in [2.75, 3.05) is 24.6 Å². The molecule has 0 amide bonds. The predicted molar refractivity (Wildman–Crippen MR) is 193 cm³/mol. The maximum atomic E-state index is 15.3. The Kier molecular flexibility index (Phi) is 12.4. The highest BCUT2D eigenvalue weighted by molar-refractivity contribution is 5.77. The highest BCUT2D eigenvalue weighted by Gasteiger charge is 2.33. The zero-order valence-corrected chi connectivity index (χ0v) is 30.3. The molecular weight excluding hydrogens is 623 g/mol. The zero-order chi connectivity index (χ0) is 35.9. The van der Waals surface area contributed by atoms with Crippen LogP contribution in [0.5, 0.6) is 5.75 Å². The van der Waals surface area contributed by atoms with E-state index >= 15 is 4.39 Å². The number of rotatable bonds is 2. The molecule has 4 aromatic rings. The van der Waals surface area contributed by atoms with Gasteiger partial charge in [-0.3, -0.25) is 9.20 Å². The first kappa shape index (κ1) is 37.8. The minimum atomic E-state index is -0.905. The second-order valence-electron chi connectivity index (χ2n) is 13.9. The van der Waals surface area contributed by atoms with Crippen LogP contribution in [0, 0.1) is 12.7 Å². The van der Waals surface area contributed by atoms with Crippen LogP contribution in [0.1, 0.15) is 91.8 Å². The molecule has 1 atom stereocenters. The summed E-state index contributed by atoms with van der Waals surface area (Å²) in [5, 5.41) is 18.3. The van der Waals surface area contributed by atoms with Crippen LogP contribution in [0.3, 0.4) is 0 Å². The Bertz CT molecular complexity index is 1720. The van der Waals surface area contributed by atoms with Crippen LogP contribution < -0.4 is 9.64 Å². The van der Waals surface area contributed by atoms with Crippen LogP contribution in [-0.2, 0) is 16.0 Å². The molecule has 3 aliphatic heterocycles. The third-order valence-electron chi connectivity index (χ3n) is 8.54. The van der Waals surface area contributed by atoms with E-state index < -0.39 is 11.6 Å². The van der Waals surface area contributed by atoms with Crippen molar-refractivity contribution >= 4 is 17.6 Å². The van der Waals surface area contributed by atoms with E-state index in [1.165, 1.54) is 6.07 Å². The van der Waals surface area contributed by atoms with Crippen LogP contribution in [-0.4, -0.2) is 67.6 Å². The molecule has 3 aliphatic rings. The summed E-state index contributed by atoms with van der Waals surface area (Å²) >= 11 is 0. The van der Waals surface area contributed by atoms with E-state index in [0.717, 1.165) is 56.6 Å². The second-order valence-corrected chi connectivity index (χ2v) is 13.9. The van der Waals surface area contributed by atoms with Crippen molar-refractivity contribution in [2.24, 2.45) is 0 Å². The molecule has 0 aliphatic carbocycles. The third-order valence-corrected chi connectivity index (χ3v) is 8.54. The summed E-state index contributed by atoms with van der Waals surface area (Å²) in [7, 11) is 0. The van der Waals surface area contributed by atoms with Crippen LogP contribution in [0.15, 0.2) is 48.7 Å². The smallest absolute Gasteiger partial charge is 0.308 e. The first-order chi connectivity index (χ1) is 23.2. The number of ether oxygens (including phenoxy) is 2. The zero-order valence-electron chi connectivity index (χ0n) is 30.3. The number of carboxylic acid groups (broad SMARTS) is 1. The summed E-state index contributed by atoms with van der Waals surface area (Å²) in [4.78, 5) is 23.7. The first-order valence-corrected chi connectivity index (χ1v) is 17.5. The average Bonchev–Trinajstić information content (AvgIpc) is 3.45. The van der Waals surface area contributed by atoms with Gasteiger partial charge in [-0.1, -0.05) is 38.1 Å². The van der Waals surface area contributed by atoms with Gasteiger partial charge in [0.05, 0.1) is 35.0 Å². The number of imidazole rings is 1. The Morgan fingerprint density at radius 1 is 1.06 bits per heavy atom. The highest BCUT2D eigenvalue weighted by atomic mass is 19.1. The van der Waals surface area contributed by atoms with E-state index in [0.29, 0.717) is 46.2 Å². The predicted octanol–water partition coefficient (Wildman–Crippen LogP) is 8.27. The van der Waals surface area contributed by atoms with Gasteiger partial charge in [-0.15, -0.1) is 0 Å². The number of aryl methyl sites for hydroxylation is 1. The summed E-state index contributed by atoms with van der Waals surface area (Å²) in [5.41, 5.74) is 3.17. The first-order valence-electron chi connectivity index (χ1n) is 17.5. The van der Waals surface area contributed by atoms with E-state index in [1.807, 2.05) is 68.6 Å². The Morgan fingerprint density at radius 2 is 1.71 bits per heavy atom. The molecule has 266 valence electrons. The van der Waals surface area contributed by atoms with Crippen molar-refractivity contribution in [1.29, 1.82) is 0 Å². The number of hydrogen-bond acceptors (Lipinski definition) is 7. The Balaban J connectivity index is 0.000000710. The summed E-state index contributed by atoms with van der Waals surface area (Å²) in [5.74, 6) is 0.562. The highest BCUT2D eigenvalue weighted by Crippen LogP contribution is 2.37. The number of halogens is 1. The van der Waals surface area contributed by atoms with Gasteiger partial charge in [0.1, 0.15) is 17.4 Å². The lowest BCUT2D eigenvalue weighted by Gasteiger charge is -2.41. The summed E-state index contributed by atoms with van der Waals surface area (Å²) < 4.78 is 29.9. The van der Waals surface area contributed by atoms with Gasteiger partial charge < -0.3 is 24.6 Å². The summed E-state index contributed by atoms with van der Waals surface area (Å²) in [6.45, 7) is 17.4. The maximum absolute atomic E-state index is 15.3. The normalized spacial score (nSPS) is 19.6. The number of hydrogen-bond donors (Lipinski definition) is 2. The monoisotopic (exact) mass is 676 g/mol. The summed E-state index contributed by atoms with van der Waals surface area (Å²) in [6.07, 6.45) is 6.04. The number of anilines is 1. The fraction of sp³-hybridized carbons (Fsp3) is 0.513. The van der Waals surface area contributed by atoms with E-state index in [9.17, 15) is 9.90 Å². The van der Waals surface area contributed by atoms with Crippen molar-refractivity contribution in [2.45, 2.75) is 111 Å². The molecule has 7 rings (SSSR count). The standard InChI is InChI=1S/C33H37FN4O4.C4H10O.C2H6/c1-21-8-4-5-17-41-33(3)13-15-37(16-14-33)31-25(19-29(39)40)22(2)35-32-36-27(20-38(31)32)23-9-6-10-24(18-23)30-26(34)11-7-12-28(30)42-21;1-4(2,3)5;1-2/h6-7,9-12,18,20-21H,4-5,8,13-17,19H2,1-3H3,(H,39,40);5H,1-3H3;1-2H3. The summed E-state index contributed by atoms with van der Waals surface area (Å²) in [6, 6.07) is 12.6. The number of piperidine rings is 1. The Labute approximate surface area is 290 Å². The number of carbonyl (C=O) groups is 1. The lowest BCUT2D eigenvalue weighted by Crippen LogP contribution is -2.45. The fourth-order valence-electron chi connectivity index (χ4n) is 6.15. The number of aromatic nitrogens is 3. The second kappa shape index (κ2) is 16.1. The SMILES string of the molecule is CC.CC(C)(C)O.Cc1nc2nc3cn2c(c1CC(=O)O)N1CCC(C)(CC1)OCCCCC(C)Oc1cccc(F)c1-c1cccc-3c1.